The first-order chi connectivity index (χ1) is 8.09. The van der Waals surface area contributed by atoms with Crippen molar-refractivity contribution < 1.29 is 0 Å². The van der Waals surface area contributed by atoms with Crippen LogP contribution in [0.25, 0.3) is 0 Å². The molecule has 1 aliphatic heterocycles. The van der Waals surface area contributed by atoms with Gasteiger partial charge in [0.15, 0.2) is 0 Å². The molecule has 0 unspecified atom stereocenters. The Labute approximate surface area is 104 Å². The molecule has 0 aliphatic carbocycles. The summed E-state index contributed by atoms with van der Waals surface area (Å²) in [6.07, 6.45) is 0.960. The summed E-state index contributed by atoms with van der Waals surface area (Å²) in [7, 11) is 2.07. The van der Waals surface area contributed by atoms with E-state index >= 15 is 0 Å². The SMILES string of the molecule is CC1=C(Cc2ccccc2)NN(C)C(C)=C1C. The molecule has 0 aromatic heterocycles. The van der Waals surface area contributed by atoms with Crippen LogP contribution in [0, 0.1) is 0 Å². The van der Waals surface area contributed by atoms with Crippen molar-refractivity contribution in [2.24, 2.45) is 0 Å². The van der Waals surface area contributed by atoms with Gasteiger partial charge >= 0.3 is 0 Å². The first-order valence-corrected chi connectivity index (χ1v) is 6.01. The number of nitrogens with zero attached hydrogens (tertiary/aromatic N) is 1. The van der Waals surface area contributed by atoms with E-state index in [1.54, 1.807) is 0 Å². The number of allylic oxidation sites excluding steroid dienone is 4. The van der Waals surface area contributed by atoms with Crippen molar-refractivity contribution in [1.82, 2.24) is 10.4 Å². The Morgan fingerprint density at radius 1 is 1.00 bits per heavy atom. The van der Waals surface area contributed by atoms with Crippen LogP contribution in [0.5, 0.6) is 0 Å². The maximum Gasteiger partial charge on any atom is 0.0392 e. The minimum Gasteiger partial charge on any atom is -0.302 e. The lowest BCUT2D eigenvalue weighted by molar-refractivity contribution is 0.321. The van der Waals surface area contributed by atoms with Crippen molar-refractivity contribution in [3.63, 3.8) is 0 Å². The number of hydrogen-bond donors (Lipinski definition) is 1. The lowest BCUT2D eigenvalue weighted by atomic mass is 9.99. The predicted molar refractivity (Wildman–Crippen MR) is 72.1 cm³/mol. The van der Waals surface area contributed by atoms with Gasteiger partial charge in [-0.3, -0.25) is 5.01 Å². The Morgan fingerprint density at radius 2 is 1.65 bits per heavy atom. The normalized spacial score (nSPS) is 16.4. The topological polar surface area (TPSA) is 15.3 Å². The van der Waals surface area contributed by atoms with Gasteiger partial charge in [-0.1, -0.05) is 30.3 Å². The zero-order valence-electron chi connectivity index (χ0n) is 11.0. The van der Waals surface area contributed by atoms with Crippen LogP contribution in [-0.4, -0.2) is 12.1 Å². The monoisotopic (exact) mass is 228 g/mol. The molecule has 2 heteroatoms. The van der Waals surface area contributed by atoms with Gasteiger partial charge in [0, 0.05) is 24.9 Å². The third-order valence-electron chi connectivity index (χ3n) is 3.59. The van der Waals surface area contributed by atoms with Crippen LogP contribution in [0.2, 0.25) is 0 Å². The molecule has 0 fully saturated rings. The van der Waals surface area contributed by atoms with E-state index in [1.807, 2.05) is 0 Å². The molecular formula is C15H20N2. The molecule has 0 radical (unpaired) electrons. The number of hydrogen-bond acceptors (Lipinski definition) is 2. The van der Waals surface area contributed by atoms with Crippen LogP contribution in [0.3, 0.4) is 0 Å². The second-order valence-electron chi connectivity index (χ2n) is 4.65. The first kappa shape index (κ1) is 11.8. The van der Waals surface area contributed by atoms with E-state index in [0.29, 0.717) is 0 Å². The van der Waals surface area contributed by atoms with Gasteiger partial charge in [-0.25, -0.2) is 0 Å². The number of hydrazine groups is 1. The Kier molecular flexibility index (Phi) is 3.23. The molecule has 0 saturated carbocycles. The third kappa shape index (κ3) is 2.36. The average molecular weight is 228 g/mol. The van der Waals surface area contributed by atoms with Crippen molar-refractivity contribution in [1.29, 1.82) is 0 Å². The van der Waals surface area contributed by atoms with Gasteiger partial charge in [0.1, 0.15) is 0 Å². The summed E-state index contributed by atoms with van der Waals surface area (Å²) in [5, 5.41) is 2.10. The molecule has 0 bridgehead atoms. The number of rotatable bonds is 2. The summed E-state index contributed by atoms with van der Waals surface area (Å²) >= 11 is 0. The molecule has 90 valence electrons. The third-order valence-corrected chi connectivity index (χ3v) is 3.59. The summed E-state index contributed by atoms with van der Waals surface area (Å²) in [6, 6.07) is 10.6. The summed E-state index contributed by atoms with van der Waals surface area (Å²) < 4.78 is 0. The van der Waals surface area contributed by atoms with E-state index in [1.165, 1.54) is 28.1 Å². The number of nitrogens with one attached hydrogen (secondary N) is 1. The molecule has 17 heavy (non-hydrogen) atoms. The molecule has 1 aliphatic rings. The van der Waals surface area contributed by atoms with Crippen LogP contribution in [0.4, 0.5) is 0 Å². The van der Waals surface area contributed by atoms with Gasteiger partial charge in [-0.2, -0.15) is 0 Å². The van der Waals surface area contributed by atoms with Crippen molar-refractivity contribution >= 4 is 0 Å². The lowest BCUT2D eigenvalue weighted by Crippen LogP contribution is -2.37. The molecule has 0 atom stereocenters. The number of benzene rings is 1. The van der Waals surface area contributed by atoms with Gasteiger partial charge in [-0.15, -0.1) is 0 Å². The molecule has 0 spiro atoms. The van der Waals surface area contributed by atoms with Crippen molar-refractivity contribution in [3.05, 3.63) is 58.4 Å². The summed E-state index contributed by atoms with van der Waals surface area (Å²) in [4.78, 5) is 0. The van der Waals surface area contributed by atoms with Gasteiger partial charge in [0.2, 0.25) is 0 Å². The predicted octanol–water partition coefficient (Wildman–Crippen LogP) is 3.25. The summed E-state index contributed by atoms with van der Waals surface area (Å²) in [6.45, 7) is 6.52. The smallest absolute Gasteiger partial charge is 0.0392 e. The molecular weight excluding hydrogens is 208 g/mol. The summed E-state index contributed by atoms with van der Waals surface area (Å²) in [5.41, 5.74) is 10.1. The highest BCUT2D eigenvalue weighted by atomic mass is 15.5. The zero-order chi connectivity index (χ0) is 12.4. The second kappa shape index (κ2) is 4.66. The maximum atomic E-state index is 3.45. The van der Waals surface area contributed by atoms with Gasteiger partial charge < -0.3 is 5.43 Å². The zero-order valence-corrected chi connectivity index (χ0v) is 11.0. The molecule has 1 aromatic rings. The van der Waals surface area contributed by atoms with E-state index in [0.717, 1.165) is 6.42 Å². The second-order valence-corrected chi connectivity index (χ2v) is 4.65. The van der Waals surface area contributed by atoms with E-state index in [4.69, 9.17) is 0 Å². The fraction of sp³-hybridized carbons (Fsp3) is 0.333. The highest BCUT2D eigenvalue weighted by Gasteiger charge is 2.16. The molecule has 0 amide bonds. The highest BCUT2D eigenvalue weighted by Crippen LogP contribution is 2.24. The van der Waals surface area contributed by atoms with E-state index in [2.05, 4.69) is 68.6 Å². The Bertz CT molecular complexity index is 469. The summed E-state index contributed by atoms with van der Waals surface area (Å²) in [5.74, 6) is 0. The molecule has 0 saturated heterocycles. The lowest BCUT2D eigenvalue weighted by Gasteiger charge is -2.32. The van der Waals surface area contributed by atoms with Gasteiger partial charge in [0.25, 0.3) is 0 Å². The van der Waals surface area contributed by atoms with E-state index in [-0.39, 0.29) is 0 Å². The fourth-order valence-corrected chi connectivity index (χ4v) is 2.09. The van der Waals surface area contributed by atoms with E-state index < -0.39 is 0 Å². The minimum atomic E-state index is 0.960. The first-order valence-electron chi connectivity index (χ1n) is 6.01. The molecule has 2 rings (SSSR count). The molecule has 1 heterocycles. The van der Waals surface area contributed by atoms with Crippen molar-refractivity contribution in [2.75, 3.05) is 7.05 Å². The van der Waals surface area contributed by atoms with E-state index in [9.17, 15) is 0 Å². The van der Waals surface area contributed by atoms with Crippen molar-refractivity contribution in [2.45, 2.75) is 27.2 Å². The minimum absolute atomic E-state index is 0.960. The Morgan fingerprint density at radius 3 is 2.29 bits per heavy atom. The highest BCUT2D eigenvalue weighted by molar-refractivity contribution is 5.39. The Hall–Kier alpha value is -1.70. The van der Waals surface area contributed by atoms with Crippen LogP contribution in [0.1, 0.15) is 26.3 Å². The fourth-order valence-electron chi connectivity index (χ4n) is 2.09. The van der Waals surface area contributed by atoms with Crippen molar-refractivity contribution in [3.8, 4) is 0 Å². The largest absolute Gasteiger partial charge is 0.302 e. The molecule has 2 nitrogen and oxygen atoms in total. The van der Waals surface area contributed by atoms with Crippen LogP contribution >= 0.6 is 0 Å². The Balaban J connectivity index is 2.28. The van der Waals surface area contributed by atoms with Gasteiger partial charge in [-0.05, 0) is 37.5 Å². The van der Waals surface area contributed by atoms with Crippen LogP contribution < -0.4 is 5.43 Å². The average Bonchev–Trinajstić information content (AvgIpc) is 2.35. The quantitative estimate of drug-likeness (QED) is 0.836. The van der Waals surface area contributed by atoms with Crippen LogP contribution in [-0.2, 0) is 6.42 Å². The molecule has 1 N–H and O–H groups in total. The van der Waals surface area contributed by atoms with Gasteiger partial charge in [0.05, 0.1) is 0 Å². The van der Waals surface area contributed by atoms with Crippen LogP contribution in [0.15, 0.2) is 52.9 Å². The maximum absolute atomic E-state index is 3.45. The standard InChI is InChI=1S/C15H20N2/c1-11-12(2)15(16-17(4)13(11)3)10-14-8-6-5-7-9-14/h5-9,16H,10H2,1-4H3. The molecule has 1 aromatic carbocycles.